The number of aryl methyl sites for hydroxylation is 1. The summed E-state index contributed by atoms with van der Waals surface area (Å²) in [7, 11) is 0. The number of hydrogen-bond donors (Lipinski definition) is 3. The SMILES string of the molecule is Cc1cccc(C(=O)NCc2ccc(CN)cc2F)c1O. The lowest BCUT2D eigenvalue weighted by Crippen LogP contribution is -2.23. The highest BCUT2D eigenvalue weighted by molar-refractivity contribution is 5.97. The molecule has 2 aromatic carbocycles. The third-order valence-electron chi connectivity index (χ3n) is 3.27. The van der Waals surface area contributed by atoms with Crippen molar-refractivity contribution in [1.82, 2.24) is 5.32 Å². The average Bonchev–Trinajstić information content (AvgIpc) is 2.48. The highest BCUT2D eigenvalue weighted by Crippen LogP contribution is 2.21. The minimum absolute atomic E-state index is 0.0445. The van der Waals surface area contributed by atoms with E-state index >= 15 is 0 Å². The van der Waals surface area contributed by atoms with Crippen molar-refractivity contribution in [3.8, 4) is 5.75 Å². The van der Waals surface area contributed by atoms with Crippen LogP contribution in [0.4, 0.5) is 4.39 Å². The predicted molar refractivity (Wildman–Crippen MR) is 78.3 cm³/mol. The van der Waals surface area contributed by atoms with Crippen LogP contribution >= 0.6 is 0 Å². The Bertz CT molecular complexity index is 671. The van der Waals surface area contributed by atoms with Crippen LogP contribution in [0.1, 0.15) is 27.0 Å². The summed E-state index contributed by atoms with van der Waals surface area (Å²) in [5.41, 5.74) is 7.28. The Labute approximate surface area is 122 Å². The molecule has 0 bridgehead atoms. The van der Waals surface area contributed by atoms with Gasteiger partial charge in [0.05, 0.1) is 5.56 Å². The third kappa shape index (κ3) is 3.38. The number of para-hydroxylation sites is 1. The molecule has 5 heteroatoms. The van der Waals surface area contributed by atoms with Crippen LogP contribution in [-0.4, -0.2) is 11.0 Å². The van der Waals surface area contributed by atoms with Crippen molar-refractivity contribution >= 4 is 5.91 Å². The quantitative estimate of drug-likeness (QED) is 0.807. The molecular weight excluding hydrogens is 271 g/mol. The first-order valence-electron chi connectivity index (χ1n) is 6.57. The van der Waals surface area contributed by atoms with Crippen LogP contribution in [0.3, 0.4) is 0 Å². The maximum atomic E-state index is 13.8. The molecule has 0 fully saturated rings. The van der Waals surface area contributed by atoms with Gasteiger partial charge in [0.2, 0.25) is 0 Å². The largest absolute Gasteiger partial charge is 0.507 e. The molecule has 1 amide bonds. The van der Waals surface area contributed by atoms with Gasteiger partial charge in [-0.3, -0.25) is 4.79 Å². The number of nitrogens with one attached hydrogen (secondary N) is 1. The van der Waals surface area contributed by atoms with E-state index in [9.17, 15) is 14.3 Å². The first-order chi connectivity index (χ1) is 10.0. The Kier molecular flexibility index (Phi) is 4.55. The number of aromatic hydroxyl groups is 1. The molecule has 0 aromatic heterocycles. The van der Waals surface area contributed by atoms with Crippen molar-refractivity contribution in [1.29, 1.82) is 0 Å². The summed E-state index contributed by atoms with van der Waals surface area (Å²) in [5, 5.41) is 12.4. The van der Waals surface area contributed by atoms with Crippen LogP contribution in [0.25, 0.3) is 0 Å². The zero-order valence-corrected chi connectivity index (χ0v) is 11.7. The molecule has 0 aliphatic rings. The van der Waals surface area contributed by atoms with Crippen LogP contribution in [-0.2, 0) is 13.1 Å². The maximum absolute atomic E-state index is 13.8. The van der Waals surface area contributed by atoms with Crippen molar-refractivity contribution < 1.29 is 14.3 Å². The van der Waals surface area contributed by atoms with Gasteiger partial charge in [-0.15, -0.1) is 0 Å². The van der Waals surface area contributed by atoms with E-state index in [1.165, 1.54) is 12.1 Å². The Morgan fingerprint density at radius 2 is 2.10 bits per heavy atom. The number of rotatable bonds is 4. The highest BCUT2D eigenvalue weighted by Gasteiger charge is 2.13. The number of phenolic OH excluding ortho intramolecular Hbond substituents is 1. The fourth-order valence-corrected chi connectivity index (χ4v) is 1.97. The highest BCUT2D eigenvalue weighted by atomic mass is 19.1. The molecule has 4 nitrogen and oxygen atoms in total. The van der Waals surface area contributed by atoms with Crippen molar-refractivity contribution in [2.24, 2.45) is 5.73 Å². The number of halogens is 1. The smallest absolute Gasteiger partial charge is 0.255 e. The molecule has 0 saturated heterocycles. The van der Waals surface area contributed by atoms with Crippen molar-refractivity contribution in [2.45, 2.75) is 20.0 Å². The van der Waals surface area contributed by atoms with Crippen LogP contribution < -0.4 is 11.1 Å². The summed E-state index contributed by atoms with van der Waals surface area (Å²) in [6, 6.07) is 9.57. The zero-order chi connectivity index (χ0) is 15.4. The average molecular weight is 288 g/mol. The fraction of sp³-hybridized carbons (Fsp3) is 0.188. The normalized spacial score (nSPS) is 10.4. The van der Waals surface area contributed by atoms with Crippen LogP contribution in [0, 0.1) is 12.7 Å². The molecule has 0 saturated carbocycles. The van der Waals surface area contributed by atoms with E-state index in [-0.39, 0.29) is 24.4 Å². The summed E-state index contributed by atoms with van der Waals surface area (Å²) in [5.74, 6) is -0.917. The fourth-order valence-electron chi connectivity index (χ4n) is 1.97. The van der Waals surface area contributed by atoms with Gasteiger partial charge in [-0.05, 0) is 30.2 Å². The number of carbonyl (C=O) groups excluding carboxylic acids is 1. The summed E-state index contributed by atoms with van der Waals surface area (Å²) in [6.45, 7) is 2.01. The van der Waals surface area contributed by atoms with E-state index < -0.39 is 11.7 Å². The van der Waals surface area contributed by atoms with Crippen LogP contribution in [0.2, 0.25) is 0 Å². The van der Waals surface area contributed by atoms with Gasteiger partial charge in [0.25, 0.3) is 5.91 Å². The molecule has 0 unspecified atom stereocenters. The van der Waals surface area contributed by atoms with Gasteiger partial charge in [-0.1, -0.05) is 24.3 Å². The Morgan fingerprint density at radius 1 is 1.33 bits per heavy atom. The zero-order valence-electron chi connectivity index (χ0n) is 11.7. The monoisotopic (exact) mass is 288 g/mol. The van der Waals surface area contributed by atoms with E-state index in [1.807, 2.05) is 0 Å². The summed E-state index contributed by atoms with van der Waals surface area (Å²) in [6.07, 6.45) is 0. The van der Waals surface area contributed by atoms with E-state index in [2.05, 4.69) is 5.32 Å². The number of benzene rings is 2. The maximum Gasteiger partial charge on any atom is 0.255 e. The van der Waals surface area contributed by atoms with Crippen molar-refractivity contribution in [3.63, 3.8) is 0 Å². The first kappa shape index (κ1) is 15.0. The molecule has 0 heterocycles. The van der Waals surface area contributed by atoms with Gasteiger partial charge in [0.15, 0.2) is 0 Å². The molecule has 4 N–H and O–H groups in total. The minimum Gasteiger partial charge on any atom is -0.507 e. The molecule has 0 radical (unpaired) electrons. The molecule has 110 valence electrons. The summed E-state index contributed by atoms with van der Waals surface area (Å²) < 4.78 is 13.8. The topological polar surface area (TPSA) is 75.4 Å². The number of hydrogen-bond acceptors (Lipinski definition) is 3. The molecule has 0 aliphatic heterocycles. The standard InChI is InChI=1S/C16H17FN2O2/c1-10-3-2-4-13(15(10)20)16(21)19-9-12-6-5-11(8-18)7-14(12)17/h2-7,20H,8-9,18H2,1H3,(H,19,21). The molecule has 2 aromatic rings. The minimum atomic E-state index is -0.446. The second kappa shape index (κ2) is 6.37. The predicted octanol–water partition coefficient (Wildman–Crippen LogP) is 2.23. The van der Waals surface area contributed by atoms with Gasteiger partial charge in [0, 0.05) is 18.7 Å². The van der Waals surface area contributed by atoms with Gasteiger partial charge >= 0.3 is 0 Å². The lowest BCUT2D eigenvalue weighted by Gasteiger charge is -2.09. The number of nitrogens with two attached hydrogens (primary N) is 1. The third-order valence-corrected chi connectivity index (χ3v) is 3.27. The number of amides is 1. The molecule has 21 heavy (non-hydrogen) atoms. The molecule has 0 spiro atoms. The Morgan fingerprint density at radius 3 is 2.76 bits per heavy atom. The van der Waals surface area contributed by atoms with Gasteiger partial charge in [-0.2, -0.15) is 0 Å². The van der Waals surface area contributed by atoms with Gasteiger partial charge < -0.3 is 16.2 Å². The Hall–Kier alpha value is -2.40. The van der Waals surface area contributed by atoms with Crippen LogP contribution in [0.5, 0.6) is 5.75 Å². The number of phenols is 1. The van der Waals surface area contributed by atoms with E-state index in [4.69, 9.17) is 5.73 Å². The van der Waals surface area contributed by atoms with E-state index in [1.54, 1.807) is 31.2 Å². The number of carbonyl (C=O) groups is 1. The molecule has 2 rings (SSSR count). The van der Waals surface area contributed by atoms with Gasteiger partial charge in [0.1, 0.15) is 11.6 Å². The van der Waals surface area contributed by atoms with Gasteiger partial charge in [-0.25, -0.2) is 4.39 Å². The van der Waals surface area contributed by atoms with E-state index in [0.29, 0.717) is 16.7 Å². The van der Waals surface area contributed by atoms with Crippen molar-refractivity contribution in [2.75, 3.05) is 0 Å². The molecular formula is C16H17FN2O2. The molecule has 0 aliphatic carbocycles. The van der Waals surface area contributed by atoms with Crippen molar-refractivity contribution in [3.05, 3.63) is 64.5 Å². The van der Waals surface area contributed by atoms with E-state index in [0.717, 1.165) is 0 Å². The molecule has 0 atom stereocenters. The lowest BCUT2D eigenvalue weighted by molar-refractivity contribution is 0.0948. The first-order valence-corrected chi connectivity index (χ1v) is 6.57. The van der Waals surface area contributed by atoms with Crippen LogP contribution in [0.15, 0.2) is 36.4 Å². The Balaban J connectivity index is 2.09. The summed E-state index contributed by atoms with van der Waals surface area (Å²) in [4.78, 5) is 12.0. The lowest BCUT2D eigenvalue weighted by atomic mass is 10.1. The second-order valence-electron chi connectivity index (χ2n) is 4.78. The second-order valence-corrected chi connectivity index (χ2v) is 4.78. The summed E-state index contributed by atoms with van der Waals surface area (Å²) >= 11 is 0.